The number of anilines is 2. The van der Waals surface area contributed by atoms with Crippen LogP contribution in [0.4, 0.5) is 20.2 Å². The van der Waals surface area contributed by atoms with Crippen molar-refractivity contribution in [3.8, 4) is 5.75 Å². The molecule has 31 heavy (non-hydrogen) atoms. The van der Waals surface area contributed by atoms with Crippen LogP contribution in [-0.2, 0) is 9.59 Å². The number of benzene rings is 3. The molecule has 4 rings (SSSR count). The van der Waals surface area contributed by atoms with Crippen LogP contribution in [0.1, 0.15) is 11.1 Å². The number of aryl methyl sites for hydroxylation is 1. The maximum absolute atomic E-state index is 14.5. The number of imide groups is 1. The summed E-state index contributed by atoms with van der Waals surface area (Å²) in [6, 6.07) is 16.7. The minimum absolute atomic E-state index is 0.0242. The van der Waals surface area contributed by atoms with E-state index in [2.05, 4.69) is 5.32 Å². The Hall–Kier alpha value is -4.00. The molecule has 1 aliphatic rings. The number of nitrogens with one attached hydrogen (secondary N) is 1. The van der Waals surface area contributed by atoms with Crippen LogP contribution in [0, 0.1) is 18.6 Å². The lowest BCUT2D eigenvalue weighted by Gasteiger charge is -2.16. The van der Waals surface area contributed by atoms with Crippen LogP contribution in [0.3, 0.4) is 0 Å². The first-order valence-corrected chi connectivity index (χ1v) is 9.46. The fourth-order valence-corrected chi connectivity index (χ4v) is 3.50. The van der Waals surface area contributed by atoms with Crippen LogP contribution >= 0.6 is 0 Å². The van der Waals surface area contributed by atoms with Gasteiger partial charge in [0.25, 0.3) is 11.8 Å². The molecule has 0 saturated carbocycles. The fraction of sp³-hybridized carbons (Fsp3) is 0.0833. The molecule has 0 aromatic heterocycles. The third-order valence-electron chi connectivity index (χ3n) is 4.90. The van der Waals surface area contributed by atoms with Crippen LogP contribution in [0.2, 0.25) is 0 Å². The molecule has 0 unspecified atom stereocenters. The molecule has 0 atom stereocenters. The summed E-state index contributed by atoms with van der Waals surface area (Å²) in [5, 5.41) is 3.01. The second-order valence-corrected chi connectivity index (χ2v) is 6.99. The molecular formula is C24H18F2N2O3. The van der Waals surface area contributed by atoms with Gasteiger partial charge in [-0.05, 0) is 42.8 Å². The van der Waals surface area contributed by atoms with E-state index >= 15 is 0 Å². The SMILES string of the molecule is COc1ccccc1C1=C(Nc2cccc(C)c2)C(=O)N(c2ccc(F)cc2F)C1=O. The third kappa shape index (κ3) is 3.66. The highest BCUT2D eigenvalue weighted by Gasteiger charge is 2.42. The largest absolute Gasteiger partial charge is 0.496 e. The Kier molecular flexibility index (Phi) is 5.25. The van der Waals surface area contributed by atoms with Gasteiger partial charge in [-0.15, -0.1) is 0 Å². The van der Waals surface area contributed by atoms with Gasteiger partial charge < -0.3 is 10.1 Å². The van der Waals surface area contributed by atoms with E-state index in [-0.39, 0.29) is 17.0 Å². The van der Waals surface area contributed by atoms with Crippen molar-refractivity contribution in [1.29, 1.82) is 0 Å². The lowest BCUT2D eigenvalue weighted by Crippen LogP contribution is -2.33. The first-order chi connectivity index (χ1) is 14.9. The minimum atomic E-state index is -1.02. The Morgan fingerprint density at radius 2 is 1.68 bits per heavy atom. The van der Waals surface area contributed by atoms with Gasteiger partial charge in [0, 0.05) is 17.3 Å². The lowest BCUT2D eigenvalue weighted by molar-refractivity contribution is -0.120. The predicted octanol–water partition coefficient (Wildman–Crippen LogP) is 4.68. The maximum atomic E-state index is 14.5. The average Bonchev–Trinajstić information content (AvgIpc) is 2.98. The molecule has 0 spiro atoms. The Balaban J connectivity index is 1.88. The van der Waals surface area contributed by atoms with Crippen LogP contribution < -0.4 is 15.0 Å². The van der Waals surface area contributed by atoms with E-state index in [0.717, 1.165) is 17.7 Å². The first kappa shape index (κ1) is 20.3. The number of rotatable bonds is 5. The van der Waals surface area contributed by atoms with Gasteiger partial charge in [-0.1, -0.05) is 30.3 Å². The fourth-order valence-electron chi connectivity index (χ4n) is 3.50. The molecule has 0 saturated heterocycles. The van der Waals surface area contributed by atoms with Crippen molar-refractivity contribution >= 4 is 28.8 Å². The summed E-state index contributed by atoms with van der Waals surface area (Å²) in [5.41, 5.74) is 1.59. The third-order valence-corrected chi connectivity index (χ3v) is 4.90. The van der Waals surface area contributed by atoms with Crippen molar-refractivity contribution in [1.82, 2.24) is 0 Å². The number of hydrogen-bond donors (Lipinski definition) is 1. The van der Waals surface area contributed by atoms with Crippen LogP contribution in [0.5, 0.6) is 5.75 Å². The van der Waals surface area contributed by atoms with Crippen LogP contribution in [0.25, 0.3) is 5.57 Å². The molecule has 0 aliphatic carbocycles. The topological polar surface area (TPSA) is 58.6 Å². The van der Waals surface area contributed by atoms with Gasteiger partial charge in [-0.2, -0.15) is 0 Å². The highest BCUT2D eigenvalue weighted by molar-refractivity contribution is 6.46. The molecule has 7 heteroatoms. The van der Waals surface area contributed by atoms with E-state index in [4.69, 9.17) is 4.74 Å². The smallest absolute Gasteiger partial charge is 0.282 e. The summed E-state index contributed by atoms with van der Waals surface area (Å²) in [5.74, 6) is -2.94. The molecule has 156 valence electrons. The van der Waals surface area contributed by atoms with Gasteiger partial charge in [0.2, 0.25) is 0 Å². The molecule has 0 bridgehead atoms. The van der Waals surface area contributed by atoms with Crippen molar-refractivity contribution in [2.45, 2.75) is 6.92 Å². The number of carbonyl (C=O) groups excluding carboxylic acids is 2. The zero-order chi connectivity index (χ0) is 22.1. The Morgan fingerprint density at radius 1 is 0.903 bits per heavy atom. The second kappa shape index (κ2) is 8.02. The molecule has 3 aromatic carbocycles. The van der Waals surface area contributed by atoms with Crippen molar-refractivity contribution in [3.05, 3.63) is 95.2 Å². The lowest BCUT2D eigenvalue weighted by atomic mass is 10.0. The molecule has 3 aromatic rings. The zero-order valence-corrected chi connectivity index (χ0v) is 16.8. The van der Waals surface area contributed by atoms with E-state index in [1.807, 2.05) is 19.1 Å². The molecule has 0 radical (unpaired) electrons. The van der Waals surface area contributed by atoms with E-state index < -0.39 is 23.4 Å². The number of carbonyl (C=O) groups is 2. The molecule has 1 aliphatic heterocycles. The molecule has 1 N–H and O–H groups in total. The van der Waals surface area contributed by atoms with Crippen LogP contribution in [-0.4, -0.2) is 18.9 Å². The van der Waals surface area contributed by atoms with E-state index in [0.29, 0.717) is 28.0 Å². The van der Waals surface area contributed by atoms with Crippen molar-refractivity contribution in [2.75, 3.05) is 17.3 Å². The van der Waals surface area contributed by atoms with E-state index in [1.54, 1.807) is 36.4 Å². The first-order valence-electron chi connectivity index (χ1n) is 9.46. The van der Waals surface area contributed by atoms with Gasteiger partial charge in [0.1, 0.15) is 23.1 Å². The minimum Gasteiger partial charge on any atom is -0.496 e. The van der Waals surface area contributed by atoms with Gasteiger partial charge >= 0.3 is 0 Å². The van der Waals surface area contributed by atoms with E-state index in [1.165, 1.54) is 7.11 Å². The van der Waals surface area contributed by atoms with Gasteiger partial charge in [-0.3, -0.25) is 9.59 Å². The number of halogens is 2. The Bertz CT molecular complexity index is 1240. The number of hydrogen-bond acceptors (Lipinski definition) is 4. The number of amides is 2. The second-order valence-electron chi connectivity index (χ2n) is 6.99. The average molecular weight is 420 g/mol. The summed E-state index contributed by atoms with van der Waals surface area (Å²) >= 11 is 0. The molecule has 2 amide bonds. The summed E-state index contributed by atoms with van der Waals surface area (Å²) in [6.07, 6.45) is 0. The molecular weight excluding hydrogens is 402 g/mol. The Labute approximate surface area is 177 Å². The van der Waals surface area contributed by atoms with E-state index in [9.17, 15) is 18.4 Å². The number of para-hydroxylation sites is 1. The van der Waals surface area contributed by atoms with Crippen LogP contribution in [0.15, 0.2) is 72.4 Å². The van der Waals surface area contributed by atoms with Crippen molar-refractivity contribution < 1.29 is 23.1 Å². The number of nitrogens with zero attached hydrogens (tertiary/aromatic N) is 1. The van der Waals surface area contributed by atoms with Gasteiger partial charge in [0.05, 0.1) is 18.4 Å². The molecule has 1 heterocycles. The normalized spacial score (nSPS) is 13.7. The zero-order valence-electron chi connectivity index (χ0n) is 16.8. The van der Waals surface area contributed by atoms with Crippen molar-refractivity contribution in [3.63, 3.8) is 0 Å². The Morgan fingerprint density at radius 3 is 2.39 bits per heavy atom. The quantitative estimate of drug-likeness (QED) is 0.609. The summed E-state index contributed by atoms with van der Waals surface area (Å²) in [4.78, 5) is 27.4. The molecule has 5 nitrogen and oxygen atoms in total. The highest BCUT2D eigenvalue weighted by Crippen LogP contribution is 2.38. The van der Waals surface area contributed by atoms with Gasteiger partial charge in [-0.25, -0.2) is 13.7 Å². The summed E-state index contributed by atoms with van der Waals surface area (Å²) < 4.78 is 33.3. The van der Waals surface area contributed by atoms with Crippen molar-refractivity contribution in [2.24, 2.45) is 0 Å². The monoisotopic (exact) mass is 420 g/mol. The number of methoxy groups -OCH3 is 1. The summed E-state index contributed by atoms with van der Waals surface area (Å²) in [6.45, 7) is 1.89. The number of ether oxygens (including phenoxy) is 1. The maximum Gasteiger partial charge on any atom is 0.282 e. The molecule has 0 fully saturated rings. The van der Waals surface area contributed by atoms with Gasteiger partial charge in [0.15, 0.2) is 0 Å². The standard InChI is InChI=1S/C24H18F2N2O3/c1-14-6-5-7-16(12-14)27-22-21(17-8-3-4-9-20(17)31-2)23(29)28(24(22)30)19-11-10-15(25)13-18(19)26/h3-13,27H,1-2H3. The highest BCUT2D eigenvalue weighted by atomic mass is 19.1. The summed E-state index contributed by atoms with van der Waals surface area (Å²) in [7, 11) is 1.45. The predicted molar refractivity (Wildman–Crippen MR) is 114 cm³/mol.